The summed E-state index contributed by atoms with van der Waals surface area (Å²) in [5, 5.41) is 0.539. The molecule has 0 atom stereocenters. The van der Waals surface area contributed by atoms with Crippen molar-refractivity contribution in [2.75, 3.05) is 11.9 Å². The van der Waals surface area contributed by atoms with Crippen molar-refractivity contribution in [2.24, 2.45) is 0 Å². The maximum absolute atomic E-state index is 12.0. The summed E-state index contributed by atoms with van der Waals surface area (Å²) >= 11 is 4.78. The van der Waals surface area contributed by atoms with Gasteiger partial charge in [-0.15, -0.1) is 0 Å². The molecule has 0 aliphatic rings. The van der Waals surface area contributed by atoms with Crippen LogP contribution in [0.4, 0.5) is 9.93 Å². The van der Waals surface area contributed by atoms with Gasteiger partial charge in [-0.05, 0) is 48.8 Å². The largest absolute Gasteiger partial charge is 0.463 e. The number of carbonyl (C=O) groups excluding carboxylic acids is 1. The van der Waals surface area contributed by atoms with Gasteiger partial charge in [-0.2, -0.15) is 0 Å². The lowest BCUT2D eigenvalue weighted by Gasteiger charge is -2.23. The van der Waals surface area contributed by atoms with Crippen LogP contribution in [-0.2, 0) is 4.74 Å². The molecule has 2 aromatic heterocycles. The van der Waals surface area contributed by atoms with Gasteiger partial charge in [0.2, 0.25) is 0 Å². The average molecular weight is 359 g/mol. The lowest BCUT2D eigenvalue weighted by Crippen LogP contribution is -2.34. The van der Waals surface area contributed by atoms with E-state index in [1.165, 1.54) is 16.2 Å². The molecule has 7 heteroatoms. The fraction of sp³-hybridized carbons (Fsp3) is 0.385. The van der Waals surface area contributed by atoms with Gasteiger partial charge in [0.05, 0.1) is 6.26 Å². The molecule has 0 unspecified atom stereocenters. The fourth-order valence-electron chi connectivity index (χ4n) is 1.41. The van der Waals surface area contributed by atoms with E-state index in [2.05, 4.69) is 20.9 Å². The van der Waals surface area contributed by atoms with Crippen LogP contribution in [0.5, 0.6) is 0 Å². The quantitative estimate of drug-likeness (QED) is 0.790. The molecule has 0 radical (unpaired) electrons. The number of ether oxygens (including phenoxy) is 1. The van der Waals surface area contributed by atoms with Crippen LogP contribution in [0.15, 0.2) is 26.6 Å². The van der Waals surface area contributed by atoms with Gasteiger partial charge in [-0.3, -0.25) is 4.90 Å². The van der Waals surface area contributed by atoms with Gasteiger partial charge in [0, 0.05) is 7.05 Å². The van der Waals surface area contributed by atoms with Crippen molar-refractivity contribution in [1.29, 1.82) is 0 Å². The van der Waals surface area contributed by atoms with Gasteiger partial charge < -0.3 is 9.15 Å². The molecule has 2 aromatic rings. The summed E-state index contributed by atoms with van der Waals surface area (Å²) in [5.41, 5.74) is 0.134. The highest BCUT2D eigenvalue weighted by atomic mass is 79.9. The van der Waals surface area contributed by atoms with Crippen LogP contribution in [0.25, 0.3) is 11.5 Å². The van der Waals surface area contributed by atoms with E-state index in [-0.39, 0.29) is 0 Å². The number of furan rings is 1. The highest BCUT2D eigenvalue weighted by Crippen LogP contribution is 2.37. The summed E-state index contributed by atoms with van der Waals surface area (Å²) in [6.07, 6.45) is 1.14. The Balaban J connectivity index is 2.22. The number of aromatic nitrogens is 1. The summed E-state index contributed by atoms with van der Waals surface area (Å²) in [6.45, 7) is 5.47. The lowest BCUT2D eigenvalue weighted by atomic mass is 10.2. The van der Waals surface area contributed by atoms with Crippen molar-refractivity contribution >= 4 is 38.5 Å². The van der Waals surface area contributed by atoms with E-state index < -0.39 is 11.7 Å². The van der Waals surface area contributed by atoms with Gasteiger partial charge >= 0.3 is 6.09 Å². The Labute approximate surface area is 129 Å². The van der Waals surface area contributed by atoms with Crippen LogP contribution in [0.2, 0.25) is 0 Å². The molecule has 0 fully saturated rings. The number of anilines is 1. The molecular formula is C13H15BrN2O3S. The van der Waals surface area contributed by atoms with Crippen molar-refractivity contribution in [3.05, 3.63) is 22.2 Å². The number of amides is 1. The molecule has 1 amide bonds. The Morgan fingerprint density at radius 2 is 2.20 bits per heavy atom. The molecule has 0 aromatic carbocycles. The highest BCUT2D eigenvalue weighted by molar-refractivity contribution is 9.11. The molecular weight excluding hydrogens is 344 g/mol. The molecule has 0 N–H and O–H groups in total. The van der Waals surface area contributed by atoms with Crippen LogP contribution in [0.3, 0.4) is 0 Å². The maximum Gasteiger partial charge on any atom is 0.416 e. The van der Waals surface area contributed by atoms with Crippen molar-refractivity contribution in [1.82, 2.24) is 4.98 Å². The zero-order valence-corrected chi connectivity index (χ0v) is 14.0. The Kier molecular flexibility index (Phi) is 4.19. The number of carbonyl (C=O) groups is 1. The Morgan fingerprint density at radius 1 is 1.50 bits per heavy atom. The summed E-state index contributed by atoms with van der Waals surface area (Å²) in [4.78, 5) is 17.8. The monoisotopic (exact) mass is 358 g/mol. The molecule has 0 saturated heterocycles. The highest BCUT2D eigenvalue weighted by Gasteiger charge is 2.24. The van der Waals surface area contributed by atoms with Gasteiger partial charge in [-0.25, -0.2) is 9.78 Å². The topological polar surface area (TPSA) is 55.6 Å². The van der Waals surface area contributed by atoms with Crippen LogP contribution < -0.4 is 4.90 Å². The first kappa shape index (κ1) is 15.1. The normalized spacial score (nSPS) is 11.4. The maximum atomic E-state index is 12.0. The molecule has 5 nitrogen and oxygen atoms in total. The third-order valence-electron chi connectivity index (χ3n) is 2.28. The lowest BCUT2D eigenvalue weighted by molar-refractivity contribution is 0.0589. The number of hydrogen-bond donors (Lipinski definition) is 0. The molecule has 2 rings (SSSR count). The third kappa shape index (κ3) is 3.40. The second-order valence-electron chi connectivity index (χ2n) is 5.14. The minimum atomic E-state index is -0.538. The first-order valence-corrected chi connectivity index (χ1v) is 7.56. The number of rotatable bonds is 2. The van der Waals surface area contributed by atoms with Gasteiger partial charge in [0.15, 0.2) is 10.9 Å². The van der Waals surface area contributed by atoms with E-state index >= 15 is 0 Å². The first-order valence-electron chi connectivity index (χ1n) is 5.95. The van der Waals surface area contributed by atoms with Crippen molar-refractivity contribution in [3.8, 4) is 11.5 Å². The van der Waals surface area contributed by atoms with Gasteiger partial charge in [-0.1, -0.05) is 11.3 Å². The third-order valence-corrected chi connectivity index (χ3v) is 4.06. The van der Waals surface area contributed by atoms with Crippen LogP contribution in [0.1, 0.15) is 20.8 Å². The molecule has 2 heterocycles. The number of thiazole rings is 1. The Morgan fingerprint density at radius 3 is 2.75 bits per heavy atom. The predicted octanol–water partition coefficient (Wildman–Crippen LogP) is 4.54. The molecule has 0 bridgehead atoms. The zero-order valence-electron chi connectivity index (χ0n) is 11.6. The SMILES string of the molecule is CN(C(=O)OC(C)(C)C)c1nc(-c2ccco2)c(Br)s1. The summed E-state index contributed by atoms with van der Waals surface area (Å²) < 4.78 is 11.4. The Bertz CT molecular complexity index is 602. The summed E-state index contributed by atoms with van der Waals surface area (Å²) in [6, 6.07) is 3.61. The van der Waals surface area contributed by atoms with Crippen LogP contribution in [0, 0.1) is 0 Å². The minimum absolute atomic E-state index is 0.440. The average Bonchev–Trinajstić information content (AvgIpc) is 2.94. The molecule has 0 saturated carbocycles. The molecule has 0 spiro atoms. The smallest absolute Gasteiger partial charge is 0.416 e. The van der Waals surface area contributed by atoms with Crippen molar-refractivity contribution in [2.45, 2.75) is 26.4 Å². The van der Waals surface area contributed by atoms with Crippen molar-refractivity contribution in [3.63, 3.8) is 0 Å². The van der Waals surface area contributed by atoms with E-state index in [9.17, 15) is 4.79 Å². The zero-order chi connectivity index (χ0) is 14.9. The molecule has 20 heavy (non-hydrogen) atoms. The van der Waals surface area contributed by atoms with E-state index in [1.54, 1.807) is 19.4 Å². The summed E-state index contributed by atoms with van der Waals surface area (Å²) in [7, 11) is 1.63. The van der Waals surface area contributed by atoms with Crippen LogP contribution >= 0.6 is 27.3 Å². The van der Waals surface area contributed by atoms with E-state index in [4.69, 9.17) is 9.15 Å². The fourth-order valence-corrected chi connectivity index (χ4v) is 2.88. The van der Waals surface area contributed by atoms with Crippen molar-refractivity contribution < 1.29 is 13.9 Å². The minimum Gasteiger partial charge on any atom is -0.463 e. The molecule has 0 aliphatic carbocycles. The number of halogens is 1. The Hall–Kier alpha value is -1.34. The van der Waals surface area contributed by atoms with Gasteiger partial charge in [0.25, 0.3) is 0 Å². The second kappa shape index (κ2) is 5.57. The van der Waals surface area contributed by atoms with Crippen LogP contribution in [-0.4, -0.2) is 23.7 Å². The standard InChI is InChI=1S/C13H15BrN2O3S/c1-13(2,3)19-12(17)16(4)11-15-9(10(14)20-11)8-6-5-7-18-8/h5-7H,1-4H3. The van der Waals surface area contributed by atoms with E-state index in [1.807, 2.05) is 26.8 Å². The molecule has 0 aliphatic heterocycles. The molecule has 108 valence electrons. The predicted molar refractivity (Wildman–Crippen MR) is 82.2 cm³/mol. The second-order valence-corrected chi connectivity index (χ2v) is 7.43. The number of nitrogens with zero attached hydrogens (tertiary/aromatic N) is 2. The number of hydrogen-bond acceptors (Lipinski definition) is 5. The van der Waals surface area contributed by atoms with E-state index in [0.29, 0.717) is 16.6 Å². The van der Waals surface area contributed by atoms with E-state index in [0.717, 1.165) is 3.79 Å². The summed E-state index contributed by atoms with van der Waals surface area (Å²) in [5.74, 6) is 0.650. The first-order chi connectivity index (χ1) is 9.28. The van der Waals surface area contributed by atoms with Gasteiger partial charge in [0.1, 0.15) is 15.1 Å².